The molecule has 0 bridgehead atoms. The van der Waals surface area contributed by atoms with Crippen LogP contribution in [0, 0.1) is 10.1 Å². The van der Waals surface area contributed by atoms with Crippen LogP contribution in [0.3, 0.4) is 0 Å². The Hall–Kier alpha value is -2.49. The molecule has 0 saturated carbocycles. The van der Waals surface area contributed by atoms with Crippen LogP contribution in [0.1, 0.15) is 13.3 Å². The van der Waals surface area contributed by atoms with Crippen molar-refractivity contribution in [2.24, 2.45) is 11.6 Å². The van der Waals surface area contributed by atoms with Gasteiger partial charge < -0.3 is 11.1 Å². The van der Waals surface area contributed by atoms with Crippen molar-refractivity contribution in [1.82, 2.24) is 9.97 Å². The number of carbonyl (C=O) groups is 1. The molecule has 1 unspecified atom stereocenters. The number of nitrogen functional groups attached to an aromatic ring is 1. The Morgan fingerprint density at radius 1 is 1.67 bits per heavy atom. The summed E-state index contributed by atoms with van der Waals surface area (Å²) in [6, 6.07) is -0.401. The molecule has 0 fully saturated rings. The van der Waals surface area contributed by atoms with Crippen LogP contribution < -0.4 is 22.3 Å². The second kappa shape index (κ2) is 5.72. The number of primary amides is 1. The van der Waals surface area contributed by atoms with Crippen molar-refractivity contribution in [2.45, 2.75) is 19.4 Å². The van der Waals surface area contributed by atoms with Gasteiger partial charge in [0, 0.05) is 12.5 Å². The molecule has 6 N–H and O–H groups in total. The number of anilines is 2. The lowest BCUT2D eigenvalue weighted by atomic mass is 10.2. The quantitative estimate of drug-likeness (QED) is 0.296. The zero-order valence-corrected chi connectivity index (χ0v) is 9.58. The number of hydrogen-bond acceptors (Lipinski definition) is 8. The van der Waals surface area contributed by atoms with Gasteiger partial charge in [0.1, 0.15) is 6.20 Å². The third-order valence-corrected chi connectivity index (χ3v) is 1.99. The van der Waals surface area contributed by atoms with Crippen LogP contribution in [0.4, 0.5) is 17.5 Å². The molecule has 10 nitrogen and oxygen atoms in total. The molecule has 98 valence electrons. The number of nitrogens with zero attached hydrogens (tertiary/aromatic N) is 3. The number of nitrogens with one attached hydrogen (secondary N) is 2. The Labute approximate surface area is 102 Å². The molecule has 1 rings (SSSR count). The number of nitro groups is 1. The highest BCUT2D eigenvalue weighted by molar-refractivity contribution is 5.75. The van der Waals surface area contributed by atoms with Crippen LogP contribution in [0.5, 0.6) is 0 Å². The van der Waals surface area contributed by atoms with E-state index in [1.165, 1.54) is 0 Å². The molecule has 1 aromatic heterocycles. The predicted octanol–water partition coefficient (Wildman–Crippen LogP) is -0.654. The van der Waals surface area contributed by atoms with Crippen LogP contribution >= 0.6 is 0 Å². The lowest BCUT2D eigenvalue weighted by Crippen LogP contribution is -2.25. The van der Waals surface area contributed by atoms with Gasteiger partial charge >= 0.3 is 5.69 Å². The van der Waals surface area contributed by atoms with Crippen molar-refractivity contribution >= 4 is 23.4 Å². The van der Waals surface area contributed by atoms with E-state index in [2.05, 4.69) is 20.7 Å². The van der Waals surface area contributed by atoms with Gasteiger partial charge in [-0.3, -0.25) is 20.3 Å². The van der Waals surface area contributed by atoms with Crippen LogP contribution in [-0.2, 0) is 4.79 Å². The molecule has 10 heteroatoms. The molecule has 0 spiro atoms. The number of amides is 1. The minimum atomic E-state index is -0.639. The molecular formula is C8H13N7O3. The highest BCUT2D eigenvalue weighted by Crippen LogP contribution is 2.22. The maximum absolute atomic E-state index is 10.8. The summed E-state index contributed by atoms with van der Waals surface area (Å²) in [5.41, 5.74) is 6.88. The number of hydrogen-bond donors (Lipinski definition) is 4. The van der Waals surface area contributed by atoms with E-state index in [0.29, 0.717) is 0 Å². The first-order valence-electron chi connectivity index (χ1n) is 4.97. The first kappa shape index (κ1) is 13.6. The number of nitrogens with two attached hydrogens (primary N) is 2. The first-order valence-corrected chi connectivity index (χ1v) is 4.97. The summed E-state index contributed by atoms with van der Waals surface area (Å²) in [6.07, 6.45) is 1.04. The third-order valence-electron chi connectivity index (χ3n) is 1.99. The molecular weight excluding hydrogens is 242 g/mol. The fraction of sp³-hybridized carbons (Fsp3) is 0.375. The third kappa shape index (κ3) is 3.52. The monoisotopic (exact) mass is 255 g/mol. The van der Waals surface area contributed by atoms with Crippen molar-refractivity contribution in [3.63, 3.8) is 0 Å². The highest BCUT2D eigenvalue weighted by Gasteiger charge is 2.19. The standard InChI is InChI=1S/C8H13N7O3/c1-4(2-6(9)16)12-7-5(15(17)18)3-11-8(13-7)14-10/h3-4H,2,10H2,1H3,(H2,9,16)(H2,11,12,13,14). The topological polar surface area (TPSA) is 162 Å². The van der Waals surface area contributed by atoms with Gasteiger partial charge in [-0.1, -0.05) is 0 Å². The van der Waals surface area contributed by atoms with E-state index in [1.54, 1.807) is 6.92 Å². The smallest absolute Gasteiger partial charge is 0.329 e. The largest absolute Gasteiger partial charge is 0.370 e. The summed E-state index contributed by atoms with van der Waals surface area (Å²) in [5, 5.41) is 13.5. The highest BCUT2D eigenvalue weighted by atomic mass is 16.6. The summed E-state index contributed by atoms with van der Waals surface area (Å²) in [6.45, 7) is 1.64. The van der Waals surface area contributed by atoms with Crippen molar-refractivity contribution < 1.29 is 9.72 Å². The van der Waals surface area contributed by atoms with Crippen molar-refractivity contribution in [1.29, 1.82) is 0 Å². The van der Waals surface area contributed by atoms with E-state index in [4.69, 9.17) is 11.6 Å². The molecule has 0 saturated heterocycles. The van der Waals surface area contributed by atoms with E-state index in [-0.39, 0.29) is 23.9 Å². The van der Waals surface area contributed by atoms with Gasteiger partial charge in [0.05, 0.1) is 4.92 Å². The molecule has 1 atom stereocenters. The van der Waals surface area contributed by atoms with Gasteiger partial charge in [-0.25, -0.2) is 10.8 Å². The van der Waals surface area contributed by atoms with E-state index in [1.807, 2.05) is 0 Å². The van der Waals surface area contributed by atoms with Gasteiger partial charge in [-0.2, -0.15) is 4.98 Å². The molecule has 1 amide bonds. The second-order valence-corrected chi connectivity index (χ2v) is 3.54. The summed E-state index contributed by atoms with van der Waals surface area (Å²) in [4.78, 5) is 28.3. The maximum atomic E-state index is 10.8. The maximum Gasteiger partial charge on any atom is 0.329 e. The normalized spacial score (nSPS) is 11.7. The number of hydrazine groups is 1. The second-order valence-electron chi connectivity index (χ2n) is 3.54. The Balaban J connectivity index is 2.96. The molecule has 1 heterocycles. The van der Waals surface area contributed by atoms with Crippen molar-refractivity contribution in [2.75, 3.05) is 10.7 Å². The molecule has 0 aliphatic carbocycles. The molecule has 0 radical (unpaired) electrons. The molecule has 18 heavy (non-hydrogen) atoms. The Morgan fingerprint density at radius 3 is 2.83 bits per heavy atom. The fourth-order valence-electron chi connectivity index (χ4n) is 1.27. The minimum absolute atomic E-state index is 0.0204. The number of carbonyl (C=O) groups excluding carboxylic acids is 1. The SMILES string of the molecule is CC(CC(N)=O)Nc1nc(NN)ncc1[N+](=O)[O-]. The first-order chi connectivity index (χ1) is 8.43. The van der Waals surface area contributed by atoms with Crippen LogP contribution in [-0.4, -0.2) is 26.8 Å². The van der Waals surface area contributed by atoms with E-state index in [0.717, 1.165) is 6.20 Å². The van der Waals surface area contributed by atoms with Gasteiger partial charge in [0.25, 0.3) is 0 Å². The number of rotatable bonds is 6. The summed E-state index contributed by atoms with van der Waals surface area (Å²) in [7, 11) is 0. The van der Waals surface area contributed by atoms with Crippen molar-refractivity contribution in [3.8, 4) is 0 Å². The van der Waals surface area contributed by atoms with Crippen LogP contribution in [0.2, 0.25) is 0 Å². The molecule has 0 aliphatic rings. The van der Waals surface area contributed by atoms with Gasteiger partial charge in [0.15, 0.2) is 0 Å². The van der Waals surface area contributed by atoms with Gasteiger partial charge in [-0.15, -0.1) is 0 Å². The molecule has 1 aromatic rings. The Bertz CT molecular complexity index is 464. The fourth-order valence-corrected chi connectivity index (χ4v) is 1.27. The van der Waals surface area contributed by atoms with Gasteiger partial charge in [0.2, 0.25) is 17.7 Å². The lowest BCUT2D eigenvalue weighted by molar-refractivity contribution is -0.384. The predicted molar refractivity (Wildman–Crippen MR) is 63.4 cm³/mol. The summed E-state index contributed by atoms with van der Waals surface area (Å²) < 4.78 is 0. The van der Waals surface area contributed by atoms with Crippen LogP contribution in [0.15, 0.2) is 6.20 Å². The van der Waals surface area contributed by atoms with E-state index in [9.17, 15) is 14.9 Å². The summed E-state index contributed by atoms with van der Waals surface area (Å²) in [5.74, 6) is 4.58. The summed E-state index contributed by atoms with van der Waals surface area (Å²) >= 11 is 0. The Kier molecular flexibility index (Phi) is 4.32. The van der Waals surface area contributed by atoms with E-state index < -0.39 is 16.9 Å². The van der Waals surface area contributed by atoms with Gasteiger partial charge in [-0.05, 0) is 6.92 Å². The average Bonchev–Trinajstić information content (AvgIpc) is 2.27. The average molecular weight is 255 g/mol. The number of aromatic nitrogens is 2. The Morgan fingerprint density at radius 2 is 2.33 bits per heavy atom. The minimum Gasteiger partial charge on any atom is -0.370 e. The lowest BCUT2D eigenvalue weighted by Gasteiger charge is -2.12. The zero-order valence-electron chi connectivity index (χ0n) is 9.58. The van der Waals surface area contributed by atoms with Crippen LogP contribution in [0.25, 0.3) is 0 Å². The van der Waals surface area contributed by atoms with Crippen molar-refractivity contribution in [3.05, 3.63) is 16.3 Å². The zero-order chi connectivity index (χ0) is 13.7. The van der Waals surface area contributed by atoms with E-state index >= 15 is 0 Å². The molecule has 0 aromatic carbocycles. The molecule has 0 aliphatic heterocycles.